The van der Waals surface area contributed by atoms with E-state index in [0.717, 1.165) is 10.6 Å². The lowest BCUT2D eigenvalue weighted by Crippen LogP contribution is -2.27. The molecule has 0 saturated carbocycles. The zero-order valence-corrected chi connectivity index (χ0v) is 13.5. The van der Waals surface area contributed by atoms with Gasteiger partial charge in [0.15, 0.2) is 0 Å². The van der Waals surface area contributed by atoms with Gasteiger partial charge in [-0.1, -0.05) is 74.5 Å². The lowest BCUT2D eigenvalue weighted by Gasteiger charge is -2.25. The summed E-state index contributed by atoms with van der Waals surface area (Å²) in [4.78, 5) is 0. The largest absolute Gasteiger partial charge is 0.393 e. The quantitative estimate of drug-likeness (QED) is 0.830. The number of aliphatic hydroxyl groups is 1. The van der Waals surface area contributed by atoms with Crippen LogP contribution in [0, 0.1) is 5.92 Å². The van der Waals surface area contributed by atoms with Crippen LogP contribution in [0.2, 0.25) is 0 Å². The molecule has 2 nitrogen and oxygen atoms in total. The van der Waals surface area contributed by atoms with Gasteiger partial charge in [0.2, 0.25) is 0 Å². The van der Waals surface area contributed by atoms with Crippen LogP contribution in [0.1, 0.15) is 20.3 Å². The summed E-state index contributed by atoms with van der Waals surface area (Å²) in [5, 5.41) is 11.8. The van der Waals surface area contributed by atoms with Crippen molar-refractivity contribution in [3.63, 3.8) is 0 Å². The van der Waals surface area contributed by atoms with E-state index in [-0.39, 0.29) is 5.92 Å². The molecule has 0 radical (unpaired) electrons. The normalized spacial score (nSPS) is 14.6. The van der Waals surface area contributed by atoms with Crippen molar-refractivity contribution < 1.29 is 9.67 Å². The minimum Gasteiger partial charge on any atom is -0.393 e. The molecule has 112 valence electrons. The van der Waals surface area contributed by atoms with Gasteiger partial charge in [-0.25, -0.2) is 0 Å². The molecule has 0 bridgehead atoms. The minimum atomic E-state index is -2.71. The zero-order valence-electron chi connectivity index (χ0n) is 12.6. The summed E-state index contributed by atoms with van der Waals surface area (Å²) >= 11 is 0. The van der Waals surface area contributed by atoms with Crippen LogP contribution in [0.25, 0.3) is 0 Å². The van der Waals surface area contributed by atoms with E-state index < -0.39 is 13.2 Å². The van der Waals surface area contributed by atoms with Crippen molar-refractivity contribution >= 4 is 17.8 Å². The Labute approximate surface area is 127 Å². The fourth-order valence-electron chi connectivity index (χ4n) is 2.63. The maximum Gasteiger partial charge on any atom is 0.143 e. The topological polar surface area (TPSA) is 37.3 Å². The van der Waals surface area contributed by atoms with Crippen LogP contribution in [0.3, 0.4) is 0 Å². The zero-order chi connectivity index (χ0) is 15.3. The van der Waals surface area contributed by atoms with Gasteiger partial charge in [0.25, 0.3) is 0 Å². The van der Waals surface area contributed by atoms with Crippen LogP contribution < -0.4 is 10.6 Å². The molecule has 0 spiro atoms. The van der Waals surface area contributed by atoms with E-state index in [9.17, 15) is 9.67 Å². The molecule has 2 rings (SSSR count). The third kappa shape index (κ3) is 3.64. The first-order valence-corrected chi connectivity index (χ1v) is 9.35. The summed E-state index contributed by atoms with van der Waals surface area (Å²) in [5.74, 6) is 0.00115. The first-order valence-electron chi connectivity index (χ1n) is 7.46. The van der Waals surface area contributed by atoms with Gasteiger partial charge in [-0.3, -0.25) is 0 Å². The van der Waals surface area contributed by atoms with Gasteiger partial charge in [0, 0.05) is 16.8 Å². The lowest BCUT2D eigenvalue weighted by molar-refractivity contribution is 0.123. The number of rotatable bonds is 6. The van der Waals surface area contributed by atoms with Crippen molar-refractivity contribution in [3.8, 4) is 0 Å². The van der Waals surface area contributed by atoms with Gasteiger partial charge in [-0.05, 0) is 12.3 Å². The lowest BCUT2D eigenvalue weighted by atomic mass is 10.1. The SMILES string of the molecule is CC[C@@H](O)[C@@H](C)CP(=O)(c1ccccc1)c1ccccc1. The van der Waals surface area contributed by atoms with Crippen LogP contribution >= 0.6 is 7.14 Å². The summed E-state index contributed by atoms with van der Waals surface area (Å²) in [6, 6.07) is 19.3. The molecule has 0 saturated heterocycles. The maximum absolute atomic E-state index is 13.7. The van der Waals surface area contributed by atoms with Gasteiger partial charge in [0.1, 0.15) is 7.14 Å². The summed E-state index contributed by atoms with van der Waals surface area (Å²) in [5.41, 5.74) is 0. The molecule has 2 aromatic rings. The molecule has 0 fully saturated rings. The third-order valence-corrected chi connectivity index (χ3v) is 7.32. The van der Waals surface area contributed by atoms with Gasteiger partial charge in [-0.15, -0.1) is 0 Å². The molecule has 0 unspecified atom stereocenters. The molecule has 3 heteroatoms. The Morgan fingerprint density at radius 3 is 1.76 bits per heavy atom. The fraction of sp³-hybridized carbons (Fsp3) is 0.333. The molecular weight excluding hydrogens is 279 g/mol. The monoisotopic (exact) mass is 302 g/mol. The van der Waals surface area contributed by atoms with Crippen molar-refractivity contribution in [2.24, 2.45) is 5.92 Å². The Balaban J connectivity index is 2.43. The Hall–Kier alpha value is -1.37. The molecule has 1 N–H and O–H groups in total. The summed E-state index contributed by atoms with van der Waals surface area (Å²) in [6.07, 6.45) is 0.770. The first-order chi connectivity index (χ1) is 10.1. The fourth-order valence-corrected chi connectivity index (χ4v) is 5.71. The summed E-state index contributed by atoms with van der Waals surface area (Å²) < 4.78 is 13.7. The standard InChI is InChI=1S/C18H23O2P/c1-3-18(19)15(2)14-21(20,16-10-6-4-7-11-16)17-12-8-5-9-13-17/h4-13,15,18-19H,3,14H2,1-2H3/t15-,18+/m0/s1. The Morgan fingerprint density at radius 2 is 1.38 bits per heavy atom. The van der Waals surface area contributed by atoms with E-state index >= 15 is 0 Å². The Morgan fingerprint density at radius 1 is 0.952 bits per heavy atom. The summed E-state index contributed by atoms with van der Waals surface area (Å²) in [7, 11) is -2.71. The predicted octanol–water partition coefficient (Wildman–Crippen LogP) is 3.41. The molecule has 0 aromatic heterocycles. The highest BCUT2D eigenvalue weighted by Gasteiger charge is 2.31. The second kappa shape index (κ2) is 7.06. The van der Waals surface area contributed by atoms with Crippen molar-refractivity contribution in [1.29, 1.82) is 0 Å². The van der Waals surface area contributed by atoms with Crippen LogP contribution in [0.15, 0.2) is 60.7 Å². The molecule has 0 aliphatic carbocycles. The highest BCUT2D eigenvalue weighted by Crippen LogP contribution is 2.45. The molecule has 2 atom stereocenters. The van der Waals surface area contributed by atoms with E-state index in [0.29, 0.717) is 12.6 Å². The van der Waals surface area contributed by atoms with Crippen molar-refractivity contribution in [2.45, 2.75) is 26.4 Å². The number of aliphatic hydroxyl groups excluding tert-OH is 1. The highest BCUT2D eigenvalue weighted by atomic mass is 31.2. The molecular formula is C18H23O2P. The van der Waals surface area contributed by atoms with Gasteiger partial charge in [-0.2, -0.15) is 0 Å². The molecule has 2 aromatic carbocycles. The molecule has 0 amide bonds. The van der Waals surface area contributed by atoms with Gasteiger partial charge >= 0.3 is 0 Å². The van der Waals surface area contributed by atoms with Crippen molar-refractivity contribution in [2.75, 3.05) is 6.16 Å². The second-order valence-electron chi connectivity index (χ2n) is 5.55. The number of hydrogen-bond donors (Lipinski definition) is 1. The van der Waals surface area contributed by atoms with E-state index in [4.69, 9.17) is 0 Å². The van der Waals surface area contributed by atoms with Crippen LogP contribution in [-0.4, -0.2) is 17.4 Å². The molecule has 0 aliphatic heterocycles. The Kier molecular flexibility index (Phi) is 5.39. The van der Waals surface area contributed by atoms with Crippen LogP contribution in [-0.2, 0) is 4.57 Å². The molecule has 21 heavy (non-hydrogen) atoms. The van der Waals surface area contributed by atoms with Gasteiger partial charge < -0.3 is 9.67 Å². The van der Waals surface area contributed by atoms with Crippen molar-refractivity contribution in [1.82, 2.24) is 0 Å². The van der Waals surface area contributed by atoms with Crippen LogP contribution in [0.5, 0.6) is 0 Å². The van der Waals surface area contributed by atoms with E-state index in [1.807, 2.05) is 74.5 Å². The number of benzene rings is 2. The first kappa shape index (κ1) is 16.0. The van der Waals surface area contributed by atoms with Gasteiger partial charge in [0.05, 0.1) is 6.10 Å². The van der Waals surface area contributed by atoms with E-state index in [2.05, 4.69) is 0 Å². The molecule has 0 heterocycles. The third-order valence-electron chi connectivity index (χ3n) is 3.97. The number of hydrogen-bond acceptors (Lipinski definition) is 2. The predicted molar refractivity (Wildman–Crippen MR) is 90.1 cm³/mol. The van der Waals surface area contributed by atoms with Crippen LogP contribution in [0.4, 0.5) is 0 Å². The molecule has 0 aliphatic rings. The average Bonchev–Trinajstić information content (AvgIpc) is 2.55. The second-order valence-corrected chi connectivity index (χ2v) is 8.42. The maximum atomic E-state index is 13.7. The minimum absolute atomic E-state index is 0.00115. The van der Waals surface area contributed by atoms with E-state index in [1.54, 1.807) is 0 Å². The summed E-state index contributed by atoms with van der Waals surface area (Å²) in [6.45, 7) is 3.93. The average molecular weight is 302 g/mol. The Bertz CT molecular complexity index is 552. The van der Waals surface area contributed by atoms with E-state index in [1.165, 1.54) is 0 Å². The highest BCUT2D eigenvalue weighted by molar-refractivity contribution is 7.78. The van der Waals surface area contributed by atoms with Crippen molar-refractivity contribution in [3.05, 3.63) is 60.7 Å². The smallest absolute Gasteiger partial charge is 0.143 e.